The van der Waals surface area contributed by atoms with Crippen molar-refractivity contribution in [2.24, 2.45) is 5.16 Å². The van der Waals surface area contributed by atoms with Crippen molar-refractivity contribution in [1.29, 1.82) is 5.26 Å². The lowest BCUT2D eigenvalue weighted by Gasteiger charge is -2.13. The molecule has 0 saturated carbocycles. The molecule has 0 saturated heterocycles. The second-order valence-electron chi connectivity index (χ2n) is 2.43. The molecule has 0 aromatic carbocycles. The summed E-state index contributed by atoms with van der Waals surface area (Å²) in [6.45, 7) is 2.10. The van der Waals surface area contributed by atoms with Crippen LogP contribution in [0.1, 0.15) is 6.92 Å². The topological polar surface area (TPSA) is 94.8 Å². The van der Waals surface area contributed by atoms with Crippen LogP contribution in [-0.4, -0.2) is 43.3 Å². The number of rotatable bonds is 3. The Balaban J connectivity index is 4.64. The zero-order valence-corrected chi connectivity index (χ0v) is 8.77. The van der Waals surface area contributed by atoms with Crippen molar-refractivity contribution in [3.63, 3.8) is 0 Å². The van der Waals surface area contributed by atoms with Gasteiger partial charge in [-0.3, -0.25) is 9.69 Å². The molecule has 0 aromatic heterocycles. The van der Waals surface area contributed by atoms with E-state index in [1.165, 1.54) is 20.2 Å². The van der Waals surface area contributed by atoms with E-state index in [1.54, 1.807) is 6.92 Å². The van der Waals surface area contributed by atoms with Crippen molar-refractivity contribution >= 4 is 17.6 Å². The summed E-state index contributed by atoms with van der Waals surface area (Å²) < 4.78 is 0. The van der Waals surface area contributed by atoms with E-state index in [-0.39, 0.29) is 0 Å². The molecule has 0 aliphatic carbocycles. The molecule has 0 rings (SSSR count). The Bertz CT molecular complexity index is 318. The zero-order chi connectivity index (χ0) is 11.8. The number of carbonyl (C=O) groups is 2. The molecule has 3 amide bonds. The van der Waals surface area contributed by atoms with Crippen LogP contribution in [0, 0.1) is 11.3 Å². The molecular formula is C8H12N4O3. The van der Waals surface area contributed by atoms with Crippen LogP contribution in [0.25, 0.3) is 0 Å². The third-order valence-electron chi connectivity index (χ3n) is 1.43. The summed E-state index contributed by atoms with van der Waals surface area (Å²) >= 11 is 0. The van der Waals surface area contributed by atoms with Gasteiger partial charge in [0.2, 0.25) is 5.71 Å². The van der Waals surface area contributed by atoms with Crippen molar-refractivity contribution in [3.05, 3.63) is 0 Å². The molecule has 0 unspecified atom stereocenters. The Morgan fingerprint density at radius 1 is 1.60 bits per heavy atom. The van der Waals surface area contributed by atoms with Gasteiger partial charge in [-0.1, -0.05) is 5.16 Å². The highest BCUT2D eigenvalue weighted by molar-refractivity contribution is 6.46. The lowest BCUT2D eigenvalue weighted by molar-refractivity contribution is -0.120. The number of nitrogens with zero attached hydrogens (tertiary/aromatic N) is 3. The van der Waals surface area contributed by atoms with Crippen molar-refractivity contribution in [1.82, 2.24) is 10.2 Å². The van der Waals surface area contributed by atoms with E-state index in [2.05, 4.69) is 15.3 Å². The summed E-state index contributed by atoms with van der Waals surface area (Å²) in [5.74, 6) is -0.815. The molecular weight excluding hydrogens is 200 g/mol. The van der Waals surface area contributed by atoms with Crippen LogP contribution in [0.5, 0.6) is 0 Å². The number of amides is 3. The molecule has 15 heavy (non-hydrogen) atoms. The van der Waals surface area contributed by atoms with E-state index in [4.69, 9.17) is 5.26 Å². The maximum absolute atomic E-state index is 11.4. The summed E-state index contributed by atoms with van der Waals surface area (Å²) in [7, 11) is 2.45. The molecule has 0 heterocycles. The van der Waals surface area contributed by atoms with Crippen LogP contribution in [0.4, 0.5) is 4.79 Å². The molecule has 0 aliphatic rings. The molecule has 0 fully saturated rings. The third-order valence-corrected chi connectivity index (χ3v) is 1.43. The quantitative estimate of drug-likeness (QED) is 0.513. The molecule has 0 aliphatic heterocycles. The number of hydrogen-bond donors (Lipinski definition) is 1. The molecule has 0 bridgehead atoms. The van der Waals surface area contributed by atoms with Gasteiger partial charge in [0.05, 0.1) is 0 Å². The lowest BCUT2D eigenvalue weighted by atomic mass is 10.3. The van der Waals surface area contributed by atoms with E-state index in [0.29, 0.717) is 6.54 Å². The van der Waals surface area contributed by atoms with Gasteiger partial charge in [-0.25, -0.2) is 4.79 Å². The highest BCUT2D eigenvalue weighted by Gasteiger charge is 2.22. The first-order valence-corrected chi connectivity index (χ1v) is 4.15. The summed E-state index contributed by atoms with van der Waals surface area (Å²) in [6, 6.07) is 0.939. The normalized spacial score (nSPS) is 10.1. The van der Waals surface area contributed by atoms with E-state index < -0.39 is 17.6 Å². The van der Waals surface area contributed by atoms with Gasteiger partial charge in [-0.15, -0.1) is 0 Å². The second-order valence-corrected chi connectivity index (χ2v) is 2.43. The van der Waals surface area contributed by atoms with Gasteiger partial charge >= 0.3 is 6.03 Å². The average molecular weight is 212 g/mol. The van der Waals surface area contributed by atoms with Gasteiger partial charge in [-0.05, 0) is 6.92 Å². The Kier molecular flexibility index (Phi) is 5.48. The fourth-order valence-electron chi connectivity index (χ4n) is 0.719. The Hall–Kier alpha value is -2.10. The molecule has 0 aromatic rings. The molecule has 0 atom stereocenters. The van der Waals surface area contributed by atoms with Gasteiger partial charge < -0.3 is 10.2 Å². The van der Waals surface area contributed by atoms with Gasteiger partial charge in [0.25, 0.3) is 5.91 Å². The highest BCUT2D eigenvalue weighted by atomic mass is 16.6. The summed E-state index contributed by atoms with van der Waals surface area (Å²) in [6.07, 6.45) is 0. The van der Waals surface area contributed by atoms with Gasteiger partial charge in [0.15, 0.2) is 0 Å². The Labute approximate surface area is 87.3 Å². The third kappa shape index (κ3) is 3.64. The first-order chi connectivity index (χ1) is 7.08. The molecule has 0 radical (unpaired) electrons. The van der Waals surface area contributed by atoms with Crippen molar-refractivity contribution in [2.75, 3.05) is 20.7 Å². The van der Waals surface area contributed by atoms with E-state index >= 15 is 0 Å². The number of oxime groups is 1. The minimum Gasteiger partial charge on any atom is -0.398 e. The van der Waals surface area contributed by atoms with Crippen LogP contribution in [-0.2, 0) is 9.63 Å². The Morgan fingerprint density at radius 3 is 2.60 bits per heavy atom. The number of carbonyl (C=O) groups excluding carboxylic acids is 2. The fourth-order valence-corrected chi connectivity index (χ4v) is 0.719. The monoisotopic (exact) mass is 212 g/mol. The van der Waals surface area contributed by atoms with Crippen LogP contribution >= 0.6 is 0 Å². The van der Waals surface area contributed by atoms with Crippen LogP contribution in [0.3, 0.4) is 0 Å². The SMILES string of the molecule is CCNC(=O)N(C)C(=O)C(C#N)=NOC. The van der Waals surface area contributed by atoms with Crippen LogP contribution in [0.15, 0.2) is 5.16 Å². The van der Waals surface area contributed by atoms with E-state index in [0.717, 1.165) is 4.90 Å². The zero-order valence-electron chi connectivity index (χ0n) is 8.77. The molecule has 1 N–H and O–H groups in total. The number of imide groups is 1. The second kappa shape index (κ2) is 6.37. The summed E-state index contributed by atoms with van der Waals surface area (Å²) in [5, 5.41) is 14.1. The number of urea groups is 1. The van der Waals surface area contributed by atoms with Gasteiger partial charge in [0.1, 0.15) is 13.2 Å². The maximum atomic E-state index is 11.4. The number of hydrogen-bond acceptors (Lipinski definition) is 5. The standard InChI is InChI=1S/C8H12N4O3/c1-4-10-8(14)12(2)7(13)6(5-9)11-15-3/h4H2,1-3H3,(H,10,14). The maximum Gasteiger partial charge on any atom is 0.324 e. The van der Waals surface area contributed by atoms with Crippen molar-refractivity contribution in [3.8, 4) is 6.07 Å². The van der Waals surface area contributed by atoms with Crippen LogP contribution in [0.2, 0.25) is 0 Å². The van der Waals surface area contributed by atoms with Gasteiger partial charge in [-0.2, -0.15) is 5.26 Å². The molecule has 0 spiro atoms. The predicted molar refractivity (Wildman–Crippen MR) is 51.9 cm³/mol. The number of nitriles is 1. The highest BCUT2D eigenvalue weighted by Crippen LogP contribution is 1.90. The molecule has 7 nitrogen and oxygen atoms in total. The summed E-state index contributed by atoms with van der Waals surface area (Å²) in [4.78, 5) is 27.7. The van der Waals surface area contributed by atoms with E-state index in [1.807, 2.05) is 0 Å². The summed E-state index contributed by atoms with van der Waals surface area (Å²) in [5.41, 5.74) is -0.480. The minimum atomic E-state index is -0.815. The first kappa shape index (κ1) is 12.9. The van der Waals surface area contributed by atoms with Crippen molar-refractivity contribution in [2.45, 2.75) is 6.92 Å². The largest absolute Gasteiger partial charge is 0.398 e. The molecule has 7 heteroatoms. The smallest absolute Gasteiger partial charge is 0.324 e. The minimum absolute atomic E-state index is 0.389. The van der Waals surface area contributed by atoms with E-state index in [9.17, 15) is 9.59 Å². The van der Waals surface area contributed by atoms with Crippen LogP contribution < -0.4 is 5.32 Å². The lowest BCUT2D eigenvalue weighted by Crippen LogP contribution is -2.43. The van der Waals surface area contributed by atoms with Crippen molar-refractivity contribution < 1.29 is 14.4 Å². The number of nitrogens with one attached hydrogen (secondary N) is 1. The predicted octanol–water partition coefficient (Wildman–Crippen LogP) is -0.300. The first-order valence-electron chi connectivity index (χ1n) is 4.15. The van der Waals surface area contributed by atoms with Gasteiger partial charge in [0, 0.05) is 13.6 Å². The molecule has 82 valence electrons. The average Bonchev–Trinajstić information content (AvgIpc) is 2.24. The fraction of sp³-hybridized carbons (Fsp3) is 0.500. The Morgan fingerprint density at radius 2 is 2.20 bits per heavy atom.